The standard InChI is InChI=1S/C10H13ClN2O3S/c1-16-9(15)8-2-6(14)4-13(8)5-7-3-12-10(11)17-7/h3,6,8,14H,2,4-5H2,1H3. The van der Waals surface area contributed by atoms with Crippen LogP contribution in [0.3, 0.4) is 0 Å². The molecule has 1 fully saturated rings. The van der Waals surface area contributed by atoms with Gasteiger partial charge in [0.1, 0.15) is 6.04 Å². The molecule has 2 unspecified atom stereocenters. The smallest absolute Gasteiger partial charge is 0.323 e. The Morgan fingerprint density at radius 2 is 2.59 bits per heavy atom. The number of likely N-dealkylation sites (tertiary alicyclic amines) is 1. The van der Waals surface area contributed by atoms with Crippen molar-refractivity contribution in [1.29, 1.82) is 0 Å². The molecule has 0 saturated carbocycles. The molecule has 2 atom stereocenters. The van der Waals surface area contributed by atoms with Crippen molar-refractivity contribution < 1.29 is 14.6 Å². The Balaban J connectivity index is 2.05. The van der Waals surface area contributed by atoms with E-state index >= 15 is 0 Å². The number of methoxy groups -OCH3 is 1. The number of esters is 1. The van der Waals surface area contributed by atoms with Gasteiger partial charge in [-0.2, -0.15) is 0 Å². The van der Waals surface area contributed by atoms with Crippen LogP contribution in [-0.2, 0) is 16.1 Å². The van der Waals surface area contributed by atoms with Gasteiger partial charge in [0, 0.05) is 30.6 Å². The molecule has 1 aliphatic heterocycles. The SMILES string of the molecule is COC(=O)C1CC(O)CN1Cc1cnc(Cl)s1. The number of carbonyl (C=O) groups excluding carboxylic acids is 1. The van der Waals surface area contributed by atoms with Crippen LogP contribution in [0, 0.1) is 0 Å². The van der Waals surface area contributed by atoms with Crippen LogP contribution in [0.2, 0.25) is 4.47 Å². The Bertz CT molecular complexity index is 412. The summed E-state index contributed by atoms with van der Waals surface area (Å²) in [5.41, 5.74) is 0. The van der Waals surface area contributed by atoms with Gasteiger partial charge in [-0.3, -0.25) is 9.69 Å². The Labute approximate surface area is 108 Å². The van der Waals surface area contributed by atoms with Crippen molar-refractivity contribution >= 4 is 28.9 Å². The number of aliphatic hydroxyl groups excluding tert-OH is 1. The van der Waals surface area contributed by atoms with Crippen molar-refractivity contribution in [1.82, 2.24) is 9.88 Å². The van der Waals surface area contributed by atoms with Crippen LogP contribution in [0.4, 0.5) is 0 Å². The van der Waals surface area contributed by atoms with Gasteiger partial charge in [0.05, 0.1) is 13.2 Å². The van der Waals surface area contributed by atoms with Gasteiger partial charge >= 0.3 is 5.97 Å². The first kappa shape index (κ1) is 12.8. The Morgan fingerprint density at radius 1 is 1.82 bits per heavy atom. The number of hydrogen-bond acceptors (Lipinski definition) is 6. The van der Waals surface area contributed by atoms with E-state index in [1.54, 1.807) is 6.20 Å². The average molecular weight is 277 g/mol. The summed E-state index contributed by atoms with van der Waals surface area (Å²) in [6, 6.07) is -0.379. The van der Waals surface area contributed by atoms with E-state index in [4.69, 9.17) is 16.3 Å². The predicted octanol–water partition coefficient (Wildman–Crippen LogP) is 0.905. The van der Waals surface area contributed by atoms with Crippen LogP contribution in [0.25, 0.3) is 0 Å². The second kappa shape index (κ2) is 5.30. The normalized spacial score (nSPS) is 25.1. The minimum atomic E-state index is -0.484. The maximum atomic E-state index is 11.6. The van der Waals surface area contributed by atoms with Crippen LogP contribution in [0.15, 0.2) is 6.20 Å². The largest absolute Gasteiger partial charge is 0.468 e. The van der Waals surface area contributed by atoms with Gasteiger partial charge in [-0.05, 0) is 0 Å². The summed E-state index contributed by atoms with van der Waals surface area (Å²) in [7, 11) is 1.36. The van der Waals surface area contributed by atoms with Gasteiger partial charge in [0.25, 0.3) is 0 Å². The van der Waals surface area contributed by atoms with Gasteiger partial charge in [0.15, 0.2) is 4.47 Å². The molecule has 1 aliphatic rings. The molecule has 5 nitrogen and oxygen atoms in total. The quantitative estimate of drug-likeness (QED) is 0.832. The zero-order valence-electron chi connectivity index (χ0n) is 9.30. The van der Waals surface area contributed by atoms with Crippen molar-refractivity contribution in [2.45, 2.75) is 25.1 Å². The summed E-state index contributed by atoms with van der Waals surface area (Å²) in [6.45, 7) is 1.02. The van der Waals surface area contributed by atoms with Gasteiger partial charge in [-0.15, -0.1) is 11.3 Å². The molecule has 0 aliphatic carbocycles. The highest BCUT2D eigenvalue weighted by Gasteiger charge is 2.36. The van der Waals surface area contributed by atoms with E-state index in [1.807, 2.05) is 4.90 Å². The van der Waals surface area contributed by atoms with Gasteiger partial charge in [0.2, 0.25) is 0 Å². The highest BCUT2D eigenvalue weighted by molar-refractivity contribution is 7.15. The summed E-state index contributed by atoms with van der Waals surface area (Å²) < 4.78 is 5.21. The number of halogens is 1. The van der Waals surface area contributed by atoms with E-state index < -0.39 is 6.10 Å². The first-order chi connectivity index (χ1) is 8.10. The van der Waals surface area contributed by atoms with Crippen LogP contribution in [0.1, 0.15) is 11.3 Å². The molecule has 0 amide bonds. The van der Waals surface area contributed by atoms with Crippen molar-refractivity contribution in [3.05, 3.63) is 15.5 Å². The fourth-order valence-corrected chi connectivity index (χ4v) is 3.00. The van der Waals surface area contributed by atoms with Gasteiger partial charge in [-0.1, -0.05) is 11.6 Å². The topological polar surface area (TPSA) is 62.7 Å². The second-order valence-corrected chi connectivity index (χ2v) is 5.63. The highest BCUT2D eigenvalue weighted by atomic mass is 35.5. The van der Waals surface area contributed by atoms with Crippen LogP contribution in [-0.4, -0.2) is 46.8 Å². The zero-order valence-corrected chi connectivity index (χ0v) is 10.9. The zero-order chi connectivity index (χ0) is 12.4. The number of nitrogens with zero attached hydrogens (tertiary/aromatic N) is 2. The molecule has 2 heterocycles. The Hall–Kier alpha value is -0.690. The minimum absolute atomic E-state index is 0.308. The molecule has 7 heteroatoms. The molecule has 1 aromatic heterocycles. The molecule has 2 rings (SSSR count). The van der Waals surface area contributed by atoms with Crippen molar-refractivity contribution in [2.24, 2.45) is 0 Å². The van der Waals surface area contributed by atoms with Crippen LogP contribution in [0.5, 0.6) is 0 Å². The third-order valence-electron chi connectivity index (χ3n) is 2.74. The molecule has 1 saturated heterocycles. The van der Waals surface area contributed by atoms with Crippen LogP contribution >= 0.6 is 22.9 Å². The number of thiazole rings is 1. The Kier molecular flexibility index (Phi) is 3.98. The summed E-state index contributed by atoms with van der Waals surface area (Å²) in [5, 5.41) is 9.61. The molecule has 0 spiro atoms. The van der Waals surface area contributed by atoms with E-state index in [1.165, 1.54) is 18.4 Å². The Morgan fingerprint density at radius 3 is 3.18 bits per heavy atom. The number of aliphatic hydroxyl groups is 1. The number of aromatic nitrogens is 1. The number of ether oxygens (including phenoxy) is 1. The number of hydrogen-bond donors (Lipinski definition) is 1. The van der Waals surface area contributed by atoms with E-state index in [-0.39, 0.29) is 12.0 Å². The van der Waals surface area contributed by atoms with E-state index in [0.29, 0.717) is 24.0 Å². The van der Waals surface area contributed by atoms with E-state index in [2.05, 4.69) is 4.98 Å². The summed E-state index contributed by atoms with van der Waals surface area (Å²) in [5.74, 6) is -0.308. The molecule has 0 radical (unpaired) electrons. The van der Waals surface area contributed by atoms with Crippen LogP contribution < -0.4 is 0 Å². The summed E-state index contributed by atoms with van der Waals surface area (Å²) in [6.07, 6.45) is 1.62. The molecular formula is C10H13ClN2O3S. The summed E-state index contributed by atoms with van der Waals surface area (Å²) >= 11 is 7.12. The van der Waals surface area contributed by atoms with E-state index in [9.17, 15) is 9.90 Å². The van der Waals surface area contributed by atoms with Gasteiger partial charge < -0.3 is 9.84 Å². The second-order valence-electron chi connectivity index (χ2n) is 3.94. The summed E-state index contributed by atoms with van der Waals surface area (Å²) in [4.78, 5) is 18.4. The van der Waals surface area contributed by atoms with Crippen molar-refractivity contribution in [3.63, 3.8) is 0 Å². The maximum absolute atomic E-state index is 11.6. The predicted molar refractivity (Wildman–Crippen MR) is 64.0 cm³/mol. The lowest BCUT2D eigenvalue weighted by atomic mass is 10.2. The van der Waals surface area contributed by atoms with Gasteiger partial charge in [-0.25, -0.2) is 4.98 Å². The number of carbonyl (C=O) groups is 1. The third kappa shape index (κ3) is 2.95. The lowest BCUT2D eigenvalue weighted by Crippen LogP contribution is -2.36. The first-order valence-corrected chi connectivity index (χ1v) is 6.39. The minimum Gasteiger partial charge on any atom is -0.468 e. The fraction of sp³-hybridized carbons (Fsp3) is 0.600. The van der Waals surface area contributed by atoms with E-state index in [0.717, 1.165) is 4.88 Å². The van der Waals surface area contributed by atoms with Crippen molar-refractivity contribution in [3.8, 4) is 0 Å². The average Bonchev–Trinajstić information content (AvgIpc) is 2.85. The maximum Gasteiger partial charge on any atom is 0.323 e. The molecular weight excluding hydrogens is 264 g/mol. The third-order valence-corrected chi connectivity index (χ3v) is 3.84. The van der Waals surface area contributed by atoms with Crippen molar-refractivity contribution in [2.75, 3.05) is 13.7 Å². The molecule has 0 aromatic carbocycles. The first-order valence-electron chi connectivity index (χ1n) is 5.20. The lowest BCUT2D eigenvalue weighted by molar-refractivity contribution is -0.146. The monoisotopic (exact) mass is 276 g/mol. The fourth-order valence-electron chi connectivity index (χ4n) is 1.99. The number of β-amino-alcohol motifs (C(OH)–C–C–N with tert-alkyl or cyclic N) is 1. The molecule has 1 N–H and O–H groups in total. The molecule has 94 valence electrons. The number of rotatable bonds is 3. The molecule has 0 bridgehead atoms. The molecule has 1 aromatic rings. The highest BCUT2D eigenvalue weighted by Crippen LogP contribution is 2.25. The lowest BCUT2D eigenvalue weighted by Gasteiger charge is -2.20. The molecule has 17 heavy (non-hydrogen) atoms.